The number of thioether (sulfide) groups is 1. The average Bonchev–Trinajstić information content (AvgIpc) is 3.60. The van der Waals surface area contributed by atoms with E-state index in [1.165, 1.54) is 0 Å². The third-order valence-electron chi connectivity index (χ3n) is 12.5. The molecule has 1 spiro atoms. The van der Waals surface area contributed by atoms with E-state index in [1.54, 1.807) is 31.0 Å². The fourth-order valence-electron chi connectivity index (χ4n) is 9.98. The van der Waals surface area contributed by atoms with Crippen molar-refractivity contribution >= 4 is 17.7 Å². The maximum atomic E-state index is 14.6. The van der Waals surface area contributed by atoms with Crippen molar-refractivity contribution in [3.63, 3.8) is 0 Å². The Bertz CT molecular complexity index is 2010. The number of likely N-dealkylation sites (N-methyl/N-ethyl adjacent to an activating group) is 1. The third kappa shape index (κ3) is 4.36. The van der Waals surface area contributed by atoms with Crippen molar-refractivity contribution in [3.8, 4) is 28.7 Å². The summed E-state index contributed by atoms with van der Waals surface area (Å²) in [5, 5.41) is 48.4. The van der Waals surface area contributed by atoms with Crippen LogP contribution in [0, 0.1) is 20.8 Å². The molecule has 7 aliphatic rings. The molecular weight excluding hydrogens is 674 g/mol. The Labute approximate surface area is 300 Å². The summed E-state index contributed by atoms with van der Waals surface area (Å²) in [5.41, 5.74) is 7.11. The van der Waals surface area contributed by atoms with E-state index in [2.05, 4.69) is 28.1 Å². The molecule has 13 heteroatoms. The molecule has 0 aliphatic carbocycles. The third-order valence-corrected chi connectivity index (χ3v) is 13.9. The monoisotopic (exact) mass is 717 g/mol. The number of nitrogens with one attached hydrogen (secondary N) is 1. The Morgan fingerprint density at radius 1 is 1.04 bits per heavy atom. The lowest BCUT2D eigenvalue weighted by atomic mass is 9.72. The lowest BCUT2D eigenvalue weighted by Gasteiger charge is -2.62. The quantitative estimate of drug-likeness (QED) is 0.247. The molecule has 7 heterocycles. The van der Waals surface area contributed by atoms with E-state index in [4.69, 9.17) is 18.9 Å². The summed E-state index contributed by atoms with van der Waals surface area (Å²) >= 11 is 1.61. The summed E-state index contributed by atoms with van der Waals surface area (Å²) in [6, 6.07) is 3.80. The first kappa shape index (κ1) is 33.1. The van der Waals surface area contributed by atoms with Gasteiger partial charge in [0.1, 0.15) is 18.6 Å². The Kier molecular flexibility index (Phi) is 7.56. The van der Waals surface area contributed by atoms with Crippen molar-refractivity contribution in [1.29, 1.82) is 0 Å². The predicted molar refractivity (Wildman–Crippen MR) is 187 cm³/mol. The summed E-state index contributed by atoms with van der Waals surface area (Å²) in [6.07, 6.45) is 0.168. The van der Waals surface area contributed by atoms with Crippen molar-refractivity contribution in [2.45, 2.75) is 81.4 Å². The molecule has 2 saturated heterocycles. The number of carbonyl (C=O) groups is 1. The smallest absolute Gasteiger partial charge is 0.331 e. The van der Waals surface area contributed by atoms with Gasteiger partial charge in [-0.15, -0.1) is 11.8 Å². The van der Waals surface area contributed by atoms with E-state index in [0.717, 1.165) is 44.5 Å². The topological polar surface area (TPSA) is 153 Å². The molecule has 51 heavy (non-hydrogen) atoms. The van der Waals surface area contributed by atoms with Crippen LogP contribution in [0.1, 0.15) is 73.0 Å². The molecule has 7 atom stereocenters. The first-order valence-corrected chi connectivity index (χ1v) is 18.6. The molecule has 4 bridgehead atoms. The second-order valence-electron chi connectivity index (χ2n) is 14.7. The average molecular weight is 718 g/mol. The highest BCUT2D eigenvalue weighted by Crippen LogP contribution is 2.63. The van der Waals surface area contributed by atoms with Crippen LogP contribution in [-0.2, 0) is 34.5 Å². The lowest BCUT2D eigenvalue weighted by molar-refractivity contribution is -0.186. The Morgan fingerprint density at radius 3 is 2.59 bits per heavy atom. The van der Waals surface area contributed by atoms with E-state index in [-0.39, 0.29) is 60.6 Å². The van der Waals surface area contributed by atoms with Gasteiger partial charge < -0.3 is 39.4 Å². The van der Waals surface area contributed by atoms with E-state index in [1.807, 2.05) is 20.9 Å². The molecule has 0 aromatic heterocycles. The SMILES string of the molecule is COc1c(C)cc2c(c1O)[C@@H]1[C@@H]3[C@@H]4SC[C@]5(NCCc6cc(O)c(CO)cc65)C(=O)OC[C@@H](c5c6c(c(C)c(C)c54)OCO6)N3C(O)[C@H](C2)N1C. The lowest BCUT2D eigenvalue weighted by Crippen LogP contribution is -2.70. The zero-order chi connectivity index (χ0) is 35.7. The van der Waals surface area contributed by atoms with Gasteiger partial charge in [-0.25, -0.2) is 4.79 Å². The largest absolute Gasteiger partial charge is 0.508 e. The van der Waals surface area contributed by atoms with E-state index in [0.29, 0.717) is 47.8 Å². The number of piperazine rings is 1. The number of nitrogens with zero attached hydrogens (tertiary/aromatic N) is 2. The summed E-state index contributed by atoms with van der Waals surface area (Å²) in [6.45, 7) is 6.17. The fraction of sp³-hybridized carbons (Fsp3) is 0.500. The van der Waals surface area contributed by atoms with Crippen molar-refractivity contribution in [2.24, 2.45) is 0 Å². The number of aliphatic hydroxyl groups is 2. The highest BCUT2D eigenvalue weighted by atomic mass is 32.2. The number of carbonyl (C=O) groups excluding carboxylic acids is 1. The van der Waals surface area contributed by atoms with Gasteiger partial charge in [-0.05, 0) is 91.7 Å². The molecule has 3 aromatic rings. The summed E-state index contributed by atoms with van der Waals surface area (Å²) in [5.74, 6) is 1.63. The van der Waals surface area contributed by atoms with Gasteiger partial charge in [0.25, 0.3) is 0 Å². The maximum absolute atomic E-state index is 14.6. The Morgan fingerprint density at radius 2 is 1.82 bits per heavy atom. The molecule has 10 rings (SSSR count). The van der Waals surface area contributed by atoms with Crippen LogP contribution in [0.25, 0.3) is 0 Å². The number of phenols is 2. The van der Waals surface area contributed by atoms with Crippen LogP contribution in [0.3, 0.4) is 0 Å². The molecule has 0 saturated carbocycles. The molecule has 0 amide bonds. The van der Waals surface area contributed by atoms with Gasteiger partial charge in [-0.1, -0.05) is 6.07 Å². The van der Waals surface area contributed by atoms with Gasteiger partial charge in [0, 0.05) is 40.3 Å². The summed E-state index contributed by atoms with van der Waals surface area (Å²) in [4.78, 5) is 18.9. The molecule has 1 unspecified atom stereocenters. The highest BCUT2D eigenvalue weighted by molar-refractivity contribution is 7.99. The number of aromatic hydroxyl groups is 2. The number of benzene rings is 3. The van der Waals surface area contributed by atoms with Crippen LogP contribution in [0.5, 0.6) is 28.7 Å². The van der Waals surface area contributed by atoms with E-state index >= 15 is 0 Å². The number of methoxy groups -OCH3 is 1. The second kappa shape index (κ2) is 11.6. The number of aliphatic hydroxyl groups excluding tert-OH is 2. The van der Waals surface area contributed by atoms with Gasteiger partial charge in [0.2, 0.25) is 6.79 Å². The number of phenolic OH excluding ortho intramolecular Hbond substituents is 1. The Balaban J connectivity index is 1.29. The van der Waals surface area contributed by atoms with Crippen LogP contribution in [-0.4, -0.2) is 94.4 Å². The van der Waals surface area contributed by atoms with E-state index in [9.17, 15) is 25.2 Å². The molecule has 270 valence electrons. The normalized spacial score (nSPS) is 30.7. The standard InChI is InChI=1S/C38H43N3O9S/c1-16-8-20-10-23-36(45)41-24-13-48-37(46)38(22-9-21(12-42)25(43)11-19(22)6-7-39-38)14-51-35(26-17(2)18(3)33-34(28(24)26)50-15-49-33)30(41)29(40(23)4)27(20)31(44)32(16)47-5/h8-9,11,23-24,29-30,35-36,39,42-45H,6-7,10,12-15H2,1-5H3/t23-,24-,29+,30+,35+,36?,38+/m0/s1. The van der Waals surface area contributed by atoms with Crippen LogP contribution >= 0.6 is 11.8 Å². The summed E-state index contributed by atoms with van der Waals surface area (Å²) in [7, 11) is 3.58. The van der Waals surface area contributed by atoms with Crippen LogP contribution in [0.4, 0.5) is 0 Å². The number of ether oxygens (including phenoxy) is 4. The number of hydrogen-bond acceptors (Lipinski definition) is 13. The predicted octanol–water partition coefficient (Wildman–Crippen LogP) is 3.28. The van der Waals surface area contributed by atoms with Gasteiger partial charge >= 0.3 is 5.97 Å². The zero-order valence-electron chi connectivity index (χ0n) is 29.3. The number of hydrogen-bond donors (Lipinski definition) is 5. The molecule has 3 aromatic carbocycles. The second-order valence-corrected chi connectivity index (χ2v) is 15.9. The minimum atomic E-state index is -1.27. The van der Waals surface area contributed by atoms with Gasteiger partial charge in [-0.3, -0.25) is 15.1 Å². The minimum absolute atomic E-state index is 0.00444. The molecule has 5 N–H and O–H groups in total. The van der Waals surface area contributed by atoms with Gasteiger partial charge in [-0.2, -0.15) is 0 Å². The summed E-state index contributed by atoms with van der Waals surface area (Å²) < 4.78 is 24.4. The number of aryl methyl sites for hydroxylation is 1. The zero-order valence-corrected chi connectivity index (χ0v) is 30.1. The van der Waals surface area contributed by atoms with Crippen molar-refractivity contribution < 1.29 is 44.2 Å². The van der Waals surface area contributed by atoms with Crippen LogP contribution < -0.4 is 19.5 Å². The van der Waals surface area contributed by atoms with E-state index < -0.39 is 23.8 Å². The molecule has 7 aliphatic heterocycles. The maximum Gasteiger partial charge on any atom is 0.331 e. The first-order chi connectivity index (χ1) is 24.5. The Hall–Kier alpha value is -3.72. The highest BCUT2D eigenvalue weighted by Gasteiger charge is 2.61. The molecular formula is C38H43N3O9S. The molecule has 2 fully saturated rings. The molecule has 12 nitrogen and oxygen atoms in total. The number of rotatable bonds is 2. The van der Waals surface area contributed by atoms with Gasteiger partial charge in [0.05, 0.1) is 31.8 Å². The van der Waals surface area contributed by atoms with Crippen molar-refractivity contribution in [1.82, 2.24) is 15.1 Å². The van der Waals surface area contributed by atoms with Crippen molar-refractivity contribution in [3.05, 3.63) is 73.8 Å². The van der Waals surface area contributed by atoms with Crippen molar-refractivity contribution in [2.75, 3.05) is 39.9 Å². The molecule has 0 radical (unpaired) electrons. The van der Waals surface area contributed by atoms with Crippen LogP contribution in [0.15, 0.2) is 18.2 Å². The number of fused-ring (bicyclic) bond motifs is 9. The minimum Gasteiger partial charge on any atom is -0.508 e. The number of esters is 1. The fourth-order valence-corrected chi connectivity index (χ4v) is 11.7. The van der Waals surface area contributed by atoms with Gasteiger partial charge in [0.15, 0.2) is 28.5 Å². The first-order valence-electron chi connectivity index (χ1n) is 17.5. The van der Waals surface area contributed by atoms with Crippen LogP contribution in [0.2, 0.25) is 0 Å².